The van der Waals surface area contributed by atoms with Gasteiger partial charge in [-0.05, 0) is 67.8 Å². The number of anilines is 1. The van der Waals surface area contributed by atoms with Crippen LogP contribution in [0.25, 0.3) is 6.08 Å². The topological polar surface area (TPSA) is 81.5 Å². The lowest BCUT2D eigenvalue weighted by Gasteiger charge is -2.09. The van der Waals surface area contributed by atoms with Gasteiger partial charge in [-0.25, -0.2) is 0 Å². The molecule has 0 fully saturated rings. The van der Waals surface area contributed by atoms with E-state index < -0.39 is 4.92 Å². The van der Waals surface area contributed by atoms with Crippen LogP contribution in [0.1, 0.15) is 22.3 Å². The van der Waals surface area contributed by atoms with E-state index in [1.165, 1.54) is 18.2 Å². The van der Waals surface area contributed by atoms with E-state index in [0.29, 0.717) is 11.3 Å². The van der Waals surface area contributed by atoms with Gasteiger partial charge in [-0.1, -0.05) is 0 Å². The Balaban J connectivity index is 2.14. The Hall–Kier alpha value is -3.15. The second-order valence-electron chi connectivity index (χ2n) is 5.76. The Morgan fingerprint density at radius 3 is 2.28 bits per heavy atom. The third-order valence-corrected chi connectivity index (χ3v) is 3.87. The summed E-state index contributed by atoms with van der Waals surface area (Å²) in [4.78, 5) is 22.5. The van der Waals surface area contributed by atoms with Gasteiger partial charge in [0.05, 0.1) is 12.0 Å². The minimum absolute atomic E-state index is 0.0259. The monoisotopic (exact) mass is 340 g/mol. The second kappa shape index (κ2) is 7.61. The Morgan fingerprint density at radius 2 is 1.76 bits per heavy atom. The molecule has 0 unspecified atom stereocenters. The molecule has 2 rings (SSSR count). The summed E-state index contributed by atoms with van der Waals surface area (Å²) in [5.74, 6) is 0.473. The zero-order valence-corrected chi connectivity index (χ0v) is 14.6. The number of aryl methyl sites for hydroxylation is 3. The molecule has 0 atom stereocenters. The predicted molar refractivity (Wildman–Crippen MR) is 98.0 cm³/mol. The minimum Gasteiger partial charge on any atom is -0.497 e. The van der Waals surface area contributed by atoms with E-state index in [2.05, 4.69) is 5.32 Å². The van der Waals surface area contributed by atoms with Gasteiger partial charge in [0.1, 0.15) is 5.75 Å². The molecule has 6 heteroatoms. The maximum atomic E-state index is 12.1. The molecular formula is C19H20N2O4. The van der Waals surface area contributed by atoms with Crippen LogP contribution in [-0.2, 0) is 4.79 Å². The van der Waals surface area contributed by atoms with Crippen LogP contribution in [0, 0.1) is 30.9 Å². The van der Waals surface area contributed by atoms with Crippen molar-refractivity contribution in [1.29, 1.82) is 0 Å². The standard InChI is InChI=1S/C19H20N2O4/c1-12-10-16(25-4)11-13(2)17(12)6-8-19(22)20-15-5-7-18(21(23)24)14(3)9-15/h5-11H,1-4H3,(H,20,22)/b8-6+. The summed E-state index contributed by atoms with van der Waals surface area (Å²) < 4.78 is 5.22. The number of nitrogens with zero attached hydrogens (tertiary/aromatic N) is 1. The highest BCUT2D eigenvalue weighted by Crippen LogP contribution is 2.23. The van der Waals surface area contributed by atoms with E-state index in [4.69, 9.17) is 4.74 Å². The summed E-state index contributed by atoms with van der Waals surface area (Å²) >= 11 is 0. The number of carbonyl (C=O) groups is 1. The lowest BCUT2D eigenvalue weighted by Crippen LogP contribution is -2.08. The van der Waals surface area contributed by atoms with Crippen molar-refractivity contribution in [2.45, 2.75) is 20.8 Å². The highest BCUT2D eigenvalue weighted by atomic mass is 16.6. The first-order valence-corrected chi connectivity index (χ1v) is 7.71. The van der Waals surface area contributed by atoms with Crippen molar-refractivity contribution in [3.8, 4) is 5.75 Å². The summed E-state index contributed by atoms with van der Waals surface area (Å²) in [5.41, 5.74) is 4.00. The van der Waals surface area contributed by atoms with Gasteiger partial charge in [0.25, 0.3) is 5.69 Å². The number of methoxy groups -OCH3 is 1. The molecule has 0 saturated heterocycles. The normalized spacial score (nSPS) is 10.7. The molecule has 130 valence electrons. The van der Waals surface area contributed by atoms with Gasteiger partial charge >= 0.3 is 0 Å². The van der Waals surface area contributed by atoms with E-state index in [-0.39, 0.29) is 11.6 Å². The van der Waals surface area contributed by atoms with E-state index >= 15 is 0 Å². The van der Waals surface area contributed by atoms with E-state index in [9.17, 15) is 14.9 Å². The number of rotatable bonds is 5. The van der Waals surface area contributed by atoms with Crippen molar-refractivity contribution in [3.63, 3.8) is 0 Å². The van der Waals surface area contributed by atoms with Crippen LogP contribution in [0.3, 0.4) is 0 Å². The van der Waals surface area contributed by atoms with Crippen molar-refractivity contribution < 1.29 is 14.5 Å². The third kappa shape index (κ3) is 4.44. The van der Waals surface area contributed by atoms with Gasteiger partial charge in [-0.3, -0.25) is 14.9 Å². The number of hydrogen-bond acceptors (Lipinski definition) is 4. The molecule has 25 heavy (non-hydrogen) atoms. The van der Waals surface area contributed by atoms with Gasteiger partial charge in [0.2, 0.25) is 5.91 Å². The lowest BCUT2D eigenvalue weighted by molar-refractivity contribution is -0.385. The summed E-state index contributed by atoms with van der Waals surface area (Å²) in [6.45, 7) is 5.53. The van der Waals surface area contributed by atoms with Crippen LogP contribution < -0.4 is 10.1 Å². The molecule has 0 aliphatic heterocycles. The zero-order valence-electron chi connectivity index (χ0n) is 14.6. The van der Waals surface area contributed by atoms with Gasteiger partial charge in [0, 0.05) is 23.4 Å². The quantitative estimate of drug-likeness (QED) is 0.503. The highest BCUT2D eigenvalue weighted by molar-refractivity contribution is 6.02. The fraction of sp³-hybridized carbons (Fsp3) is 0.211. The molecule has 1 amide bonds. The number of hydrogen-bond donors (Lipinski definition) is 1. The SMILES string of the molecule is COc1cc(C)c(/C=C/C(=O)Nc2ccc([N+](=O)[O-])c(C)c2)c(C)c1. The zero-order chi connectivity index (χ0) is 18.6. The summed E-state index contributed by atoms with van der Waals surface area (Å²) in [6.07, 6.45) is 3.19. The second-order valence-corrected chi connectivity index (χ2v) is 5.76. The molecule has 2 aromatic rings. The fourth-order valence-corrected chi connectivity index (χ4v) is 2.60. The average Bonchev–Trinajstić information content (AvgIpc) is 2.53. The van der Waals surface area contributed by atoms with Crippen molar-refractivity contribution in [3.05, 3.63) is 68.8 Å². The fourth-order valence-electron chi connectivity index (χ4n) is 2.60. The molecule has 0 radical (unpaired) electrons. The van der Waals surface area contributed by atoms with Crippen molar-refractivity contribution in [1.82, 2.24) is 0 Å². The van der Waals surface area contributed by atoms with Gasteiger partial charge in [0.15, 0.2) is 0 Å². The first-order valence-electron chi connectivity index (χ1n) is 7.71. The van der Waals surface area contributed by atoms with E-state index in [1.54, 1.807) is 26.2 Å². The van der Waals surface area contributed by atoms with Crippen LogP contribution in [0.15, 0.2) is 36.4 Å². The lowest BCUT2D eigenvalue weighted by atomic mass is 10.0. The van der Waals surface area contributed by atoms with Crippen molar-refractivity contribution in [2.75, 3.05) is 12.4 Å². The molecule has 6 nitrogen and oxygen atoms in total. The first kappa shape index (κ1) is 18.2. The average molecular weight is 340 g/mol. The smallest absolute Gasteiger partial charge is 0.272 e. The first-order chi connectivity index (χ1) is 11.8. The molecule has 2 aromatic carbocycles. The van der Waals surface area contributed by atoms with Crippen LogP contribution in [-0.4, -0.2) is 17.9 Å². The number of ether oxygens (including phenoxy) is 1. The molecule has 0 aromatic heterocycles. The van der Waals surface area contributed by atoms with Crippen LogP contribution in [0.4, 0.5) is 11.4 Å². The van der Waals surface area contributed by atoms with Gasteiger partial charge in [-0.2, -0.15) is 0 Å². The number of nitro groups is 1. The van der Waals surface area contributed by atoms with E-state index in [1.807, 2.05) is 26.0 Å². The van der Waals surface area contributed by atoms with Crippen molar-refractivity contribution >= 4 is 23.4 Å². The number of amides is 1. The molecule has 0 heterocycles. The molecule has 0 aliphatic carbocycles. The van der Waals surface area contributed by atoms with E-state index in [0.717, 1.165) is 22.4 Å². The number of carbonyl (C=O) groups excluding carboxylic acids is 1. The molecule has 0 saturated carbocycles. The number of nitro benzene ring substituents is 1. The molecular weight excluding hydrogens is 320 g/mol. The number of nitrogens with one attached hydrogen (secondary N) is 1. The van der Waals surface area contributed by atoms with Crippen molar-refractivity contribution in [2.24, 2.45) is 0 Å². The summed E-state index contributed by atoms with van der Waals surface area (Å²) in [6, 6.07) is 8.29. The van der Waals surface area contributed by atoms with Crippen LogP contribution in [0.5, 0.6) is 5.75 Å². The summed E-state index contributed by atoms with van der Waals surface area (Å²) in [7, 11) is 1.61. The molecule has 0 bridgehead atoms. The Bertz CT molecular complexity index is 833. The van der Waals surface area contributed by atoms with Gasteiger partial charge < -0.3 is 10.1 Å². The Morgan fingerprint density at radius 1 is 1.12 bits per heavy atom. The van der Waals surface area contributed by atoms with Crippen LogP contribution >= 0.6 is 0 Å². The molecule has 1 N–H and O–H groups in total. The van der Waals surface area contributed by atoms with Crippen LogP contribution in [0.2, 0.25) is 0 Å². The maximum absolute atomic E-state index is 12.1. The van der Waals surface area contributed by atoms with Gasteiger partial charge in [-0.15, -0.1) is 0 Å². The third-order valence-electron chi connectivity index (χ3n) is 3.87. The highest BCUT2D eigenvalue weighted by Gasteiger charge is 2.11. The molecule has 0 spiro atoms. The molecule has 0 aliphatic rings. The summed E-state index contributed by atoms with van der Waals surface area (Å²) in [5, 5.41) is 13.5. The minimum atomic E-state index is -0.448. The predicted octanol–water partition coefficient (Wildman–Crippen LogP) is 4.18. The number of benzene rings is 2. The Labute approximate surface area is 146 Å². The largest absolute Gasteiger partial charge is 0.497 e. The Kier molecular flexibility index (Phi) is 5.54. The maximum Gasteiger partial charge on any atom is 0.272 e.